The number of nitriles is 1. The van der Waals surface area contributed by atoms with Gasteiger partial charge in [-0.15, -0.1) is 0 Å². The maximum Gasteiger partial charge on any atom is 0.417 e. The number of nitrogens with zero attached hydrogens (tertiary/aromatic N) is 1. The van der Waals surface area contributed by atoms with Gasteiger partial charge >= 0.3 is 5.76 Å². The molecule has 3 rings (SSSR count). The largest absolute Gasteiger partial charge is 0.417 e. The number of benzene rings is 1. The summed E-state index contributed by atoms with van der Waals surface area (Å²) >= 11 is 0. The average molecular weight is 244 g/mol. The molecule has 6 heteroatoms. The predicted octanol–water partition coefficient (Wildman–Crippen LogP) is 0.844. The van der Waals surface area contributed by atoms with Crippen molar-refractivity contribution >= 4 is 16.9 Å². The van der Waals surface area contributed by atoms with Crippen molar-refractivity contribution in [2.75, 3.05) is 13.2 Å². The fourth-order valence-electron chi connectivity index (χ4n) is 1.92. The molecule has 18 heavy (non-hydrogen) atoms. The Balaban J connectivity index is 2.07. The number of ketones is 1. The highest BCUT2D eigenvalue weighted by Gasteiger charge is 2.46. The van der Waals surface area contributed by atoms with Gasteiger partial charge < -0.3 is 9.15 Å². The van der Waals surface area contributed by atoms with Gasteiger partial charge in [-0.1, -0.05) is 0 Å². The summed E-state index contributed by atoms with van der Waals surface area (Å²) in [4.78, 5) is 25.7. The first-order valence-electron chi connectivity index (χ1n) is 5.31. The third-order valence-corrected chi connectivity index (χ3v) is 3.03. The smallest absolute Gasteiger partial charge is 0.408 e. The number of carbonyl (C=O) groups excluding carboxylic acids is 1. The molecule has 0 unspecified atom stereocenters. The minimum absolute atomic E-state index is 0.113. The molecule has 1 N–H and O–H groups in total. The average Bonchev–Trinajstić information content (AvgIpc) is 2.67. The lowest BCUT2D eigenvalue weighted by molar-refractivity contribution is -0.0566. The van der Waals surface area contributed by atoms with E-state index >= 15 is 0 Å². The molecule has 0 radical (unpaired) electrons. The lowest BCUT2D eigenvalue weighted by Crippen LogP contribution is -2.47. The number of fused-ring (bicyclic) bond motifs is 1. The third-order valence-electron chi connectivity index (χ3n) is 3.03. The number of aromatic amines is 1. The SMILES string of the molecule is N#CC1(C(=O)c2ccc3oc(=O)[nH]c3c2)COC1. The molecule has 1 aromatic heterocycles. The van der Waals surface area contributed by atoms with Gasteiger partial charge in [0, 0.05) is 5.56 Å². The molecule has 1 aromatic carbocycles. The Morgan fingerprint density at radius 1 is 1.44 bits per heavy atom. The Morgan fingerprint density at radius 3 is 2.83 bits per heavy atom. The van der Waals surface area contributed by atoms with Crippen LogP contribution in [0.3, 0.4) is 0 Å². The number of Topliss-reactive ketones (excluding diaryl/α,β-unsaturated/α-hetero) is 1. The number of nitrogens with one attached hydrogen (secondary N) is 1. The molecule has 0 aliphatic carbocycles. The summed E-state index contributed by atoms with van der Waals surface area (Å²) in [6, 6.07) is 6.58. The summed E-state index contributed by atoms with van der Waals surface area (Å²) in [7, 11) is 0. The predicted molar refractivity (Wildman–Crippen MR) is 60.0 cm³/mol. The number of ether oxygens (including phenoxy) is 1. The maximum atomic E-state index is 12.2. The van der Waals surface area contributed by atoms with E-state index in [1.807, 2.05) is 6.07 Å². The minimum Gasteiger partial charge on any atom is -0.408 e. The number of hydrogen-bond donors (Lipinski definition) is 1. The van der Waals surface area contributed by atoms with Crippen LogP contribution in [-0.2, 0) is 4.74 Å². The van der Waals surface area contributed by atoms with Crippen LogP contribution in [-0.4, -0.2) is 24.0 Å². The molecule has 2 heterocycles. The van der Waals surface area contributed by atoms with Crippen molar-refractivity contribution in [1.82, 2.24) is 4.98 Å². The van der Waals surface area contributed by atoms with E-state index in [-0.39, 0.29) is 19.0 Å². The lowest BCUT2D eigenvalue weighted by atomic mass is 9.80. The number of carbonyl (C=O) groups is 1. The van der Waals surface area contributed by atoms with E-state index in [4.69, 9.17) is 14.4 Å². The zero-order valence-electron chi connectivity index (χ0n) is 9.23. The molecule has 1 fully saturated rings. The highest BCUT2D eigenvalue weighted by molar-refractivity contribution is 6.04. The summed E-state index contributed by atoms with van der Waals surface area (Å²) in [5, 5.41) is 9.06. The zero-order chi connectivity index (χ0) is 12.8. The van der Waals surface area contributed by atoms with Gasteiger partial charge in [-0.2, -0.15) is 5.26 Å². The Morgan fingerprint density at radius 2 is 2.22 bits per heavy atom. The number of hydrogen-bond acceptors (Lipinski definition) is 5. The first-order chi connectivity index (χ1) is 8.64. The number of rotatable bonds is 2. The summed E-state index contributed by atoms with van der Waals surface area (Å²) in [6.07, 6.45) is 0. The van der Waals surface area contributed by atoms with Crippen molar-refractivity contribution in [3.05, 3.63) is 34.3 Å². The quantitative estimate of drug-likeness (QED) is 0.790. The maximum absolute atomic E-state index is 12.2. The van der Waals surface area contributed by atoms with E-state index in [0.29, 0.717) is 16.7 Å². The molecule has 0 amide bonds. The Hall–Kier alpha value is -2.39. The van der Waals surface area contributed by atoms with Crippen molar-refractivity contribution in [3.63, 3.8) is 0 Å². The molecular weight excluding hydrogens is 236 g/mol. The van der Waals surface area contributed by atoms with Crippen LogP contribution in [0, 0.1) is 16.7 Å². The van der Waals surface area contributed by atoms with Gasteiger partial charge in [0.1, 0.15) is 0 Å². The third kappa shape index (κ3) is 1.38. The van der Waals surface area contributed by atoms with Crippen molar-refractivity contribution in [2.24, 2.45) is 5.41 Å². The Kier molecular flexibility index (Phi) is 2.12. The van der Waals surface area contributed by atoms with Crippen molar-refractivity contribution in [3.8, 4) is 6.07 Å². The Bertz CT molecular complexity index is 730. The van der Waals surface area contributed by atoms with E-state index < -0.39 is 11.2 Å². The summed E-state index contributed by atoms with van der Waals surface area (Å²) in [5.41, 5.74) is 0.105. The summed E-state index contributed by atoms with van der Waals surface area (Å²) in [6.45, 7) is 0.227. The summed E-state index contributed by atoms with van der Waals surface area (Å²) in [5.74, 6) is -0.864. The molecule has 0 saturated carbocycles. The van der Waals surface area contributed by atoms with Crippen molar-refractivity contribution < 1.29 is 13.9 Å². The molecule has 6 nitrogen and oxygen atoms in total. The standard InChI is InChI=1S/C12H8N2O4/c13-4-12(5-17-6-12)10(15)7-1-2-9-8(3-7)14-11(16)18-9/h1-3H,5-6H2,(H,14,16). The second-order valence-corrected chi connectivity index (χ2v) is 4.24. The second kappa shape index (κ2) is 3.55. The van der Waals surface area contributed by atoms with E-state index in [0.717, 1.165) is 0 Å². The van der Waals surface area contributed by atoms with Crippen LogP contribution in [0.25, 0.3) is 11.1 Å². The molecular formula is C12H8N2O4. The highest BCUT2D eigenvalue weighted by atomic mass is 16.5. The fraction of sp³-hybridized carbons (Fsp3) is 0.250. The minimum atomic E-state index is -1.09. The van der Waals surface area contributed by atoms with Crippen LogP contribution in [0.1, 0.15) is 10.4 Å². The topological polar surface area (TPSA) is 96.1 Å². The van der Waals surface area contributed by atoms with E-state index in [2.05, 4.69) is 4.98 Å². The van der Waals surface area contributed by atoms with Crippen molar-refractivity contribution in [2.45, 2.75) is 0 Å². The number of H-pyrrole nitrogens is 1. The van der Waals surface area contributed by atoms with Gasteiger partial charge in [0.2, 0.25) is 0 Å². The van der Waals surface area contributed by atoms with Crippen molar-refractivity contribution in [1.29, 1.82) is 5.26 Å². The summed E-state index contributed by atoms with van der Waals surface area (Å²) < 4.78 is 9.79. The van der Waals surface area contributed by atoms with Crippen LogP contribution in [0.15, 0.2) is 27.4 Å². The normalized spacial score (nSPS) is 17.1. The molecule has 1 aliphatic rings. The molecule has 1 saturated heterocycles. The van der Waals surface area contributed by atoms with Crippen LogP contribution >= 0.6 is 0 Å². The first kappa shape index (κ1) is 10.7. The molecule has 90 valence electrons. The van der Waals surface area contributed by atoms with Crippen LogP contribution in [0.2, 0.25) is 0 Å². The molecule has 1 aliphatic heterocycles. The van der Waals surface area contributed by atoms with Crippen LogP contribution in [0.5, 0.6) is 0 Å². The van der Waals surface area contributed by atoms with Gasteiger partial charge in [0.25, 0.3) is 0 Å². The molecule has 0 spiro atoms. The van der Waals surface area contributed by atoms with Gasteiger partial charge in [-0.3, -0.25) is 9.78 Å². The number of oxazole rings is 1. The molecule has 0 atom stereocenters. The monoisotopic (exact) mass is 244 g/mol. The lowest BCUT2D eigenvalue weighted by Gasteiger charge is -2.33. The number of aromatic nitrogens is 1. The Labute approximate surface area is 101 Å². The van der Waals surface area contributed by atoms with E-state index in [9.17, 15) is 9.59 Å². The highest BCUT2D eigenvalue weighted by Crippen LogP contribution is 2.31. The van der Waals surface area contributed by atoms with E-state index in [1.54, 1.807) is 6.07 Å². The van der Waals surface area contributed by atoms with E-state index in [1.165, 1.54) is 12.1 Å². The van der Waals surface area contributed by atoms with Gasteiger partial charge in [-0.25, -0.2) is 4.79 Å². The molecule has 0 bridgehead atoms. The van der Waals surface area contributed by atoms with Crippen LogP contribution < -0.4 is 5.76 Å². The zero-order valence-corrected chi connectivity index (χ0v) is 9.23. The van der Waals surface area contributed by atoms with Gasteiger partial charge in [0.15, 0.2) is 16.8 Å². The van der Waals surface area contributed by atoms with Crippen LogP contribution in [0.4, 0.5) is 0 Å². The fourth-order valence-corrected chi connectivity index (χ4v) is 1.92. The van der Waals surface area contributed by atoms with Gasteiger partial charge in [-0.05, 0) is 18.2 Å². The second-order valence-electron chi connectivity index (χ2n) is 4.24. The van der Waals surface area contributed by atoms with Gasteiger partial charge in [0.05, 0.1) is 24.8 Å². The molecule has 2 aromatic rings. The first-order valence-corrected chi connectivity index (χ1v) is 5.31.